The van der Waals surface area contributed by atoms with Crippen LogP contribution >= 0.6 is 15.8 Å². The average Bonchev–Trinajstić information content (AvgIpc) is 3.73. The molecule has 0 aliphatic heterocycles. The van der Waals surface area contributed by atoms with Crippen LogP contribution in [0.1, 0.15) is 0 Å². The molecule has 0 heterocycles. The maximum atomic E-state index is 9.75. The van der Waals surface area contributed by atoms with E-state index in [0.29, 0.717) is 6.61 Å². The molecule has 0 bridgehead atoms. The first kappa shape index (κ1) is 40.1. The molecule has 9 heteroatoms. The van der Waals surface area contributed by atoms with Gasteiger partial charge >= 0.3 is 80.9 Å². The number of benzene rings is 5. The van der Waals surface area contributed by atoms with Crippen LogP contribution in [-0.4, -0.2) is 30.8 Å². The van der Waals surface area contributed by atoms with Gasteiger partial charge in [0.15, 0.2) is 0 Å². The molecule has 0 saturated heterocycles. The monoisotopic (exact) mass is 738 g/mol. The van der Waals surface area contributed by atoms with E-state index in [2.05, 4.69) is 141 Å². The summed E-state index contributed by atoms with van der Waals surface area (Å²) in [5, 5.41) is 5.89. The molecule has 0 N–H and O–H groups in total. The standard InChI is InChI=1S/C26H24P2.C9H8O.C5H5.BF4.Fe/c1-5-13-23(14-6-1)27(24-15-7-2-8-16-24)21-22-28(25-17-9-3-10-18-25)26-19-11-4-12-20-26;1-2-8-10-9-6-4-3-5-7-9;1-2-4-5-3-1;2-1(3,4)5;/h1-20H,21-22H2;2-7H,8H2;1-5H;;/q;;;-1;+1. The molecule has 1 aliphatic rings. The Bertz CT molecular complexity index is 1410. The molecule has 1 aliphatic carbocycles. The Kier molecular flexibility index (Phi) is 19.6. The molecule has 1 saturated carbocycles. The van der Waals surface area contributed by atoms with Crippen molar-refractivity contribution in [3.63, 3.8) is 0 Å². The molecule has 0 aromatic heterocycles. The number of hydrogen-bond acceptors (Lipinski definition) is 1. The summed E-state index contributed by atoms with van der Waals surface area (Å²) in [7, 11) is -6.70. The fraction of sp³-hybridized carbons (Fsp3) is 0.0750. The van der Waals surface area contributed by atoms with E-state index in [0.717, 1.165) is 5.75 Å². The Morgan fingerprint density at radius 1 is 0.490 bits per heavy atom. The third kappa shape index (κ3) is 17.8. The van der Waals surface area contributed by atoms with Gasteiger partial charge in [-0.15, -0.1) is 0 Å². The minimum Gasteiger partial charge on any atom is -0.0622 e. The third-order valence-electron chi connectivity index (χ3n) is 6.52. The zero-order chi connectivity index (χ0) is 35.0. The van der Waals surface area contributed by atoms with Gasteiger partial charge in [0.2, 0.25) is 0 Å². The molecule has 0 spiro atoms. The van der Waals surface area contributed by atoms with E-state index in [-0.39, 0.29) is 15.8 Å². The SMILES string of the molecule is F[B-](F)(F)F.[CH]1[CH][CH][CH][CH]1.[Fe+]=[C]=CCOc1ccccc1.c1ccc(P(CCP(c2ccccc2)c2ccccc2)c2ccccc2)cc1. The molecule has 1 fully saturated rings. The molecule has 0 amide bonds. The van der Waals surface area contributed by atoms with Crippen molar-refractivity contribution in [1.29, 1.82) is 0 Å². The van der Waals surface area contributed by atoms with Crippen LogP contribution in [0.5, 0.6) is 5.75 Å². The largest absolute Gasteiger partial charge is 0.0622 e. The van der Waals surface area contributed by atoms with E-state index in [1.165, 1.54) is 33.5 Å². The van der Waals surface area contributed by atoms with Crippen LogP contribution in [0.25, 0.3) is 0 Å². The fourth-order valence-corrected chi connectivity index (χ4v) is 9.90. The van der Waals surface area contributed by atoms with E-state index >= 15 is 0 Å². The van der Waals surface area contributed by atoms with Gasteiger partial charge in [0, 0.05) is 0 Å². The van der Waals surface area contributed by atoms with Gasteiger partial charge in [-0.05, 0) is 81.5 Å². The van der Waals surface area contributed by atoms with Crippen molar-refractivity contribution in [2.75, 3.05) is 18.9 Å². The Balaban J connectivity index is 0.000000251. The second-order valence-corrected chi connectivity index (χ2v) is 15.0. The normalized spacial score (nSPS) is 11.9. The molecule has 0 unspecified atom stereocenters. The first-order valence-electron chi connectivity index (χ1n) is 15.5. The van der Waals surface area contributed by atoms with Crippen molar-refractivity contribution >= 4 is 48.9 Å². The molecule has 6 rings (SSSR count). The van der Waals surface area contributed by atoms with E-state index in [9.17, 15) is 17.3 Å². The number of halogens is 4. The van der Waals surface area contributed by atoms with Crippen LogP contribution in [0.15, 0.2) is 158 Å². The number of hydrogen-bond donors (Lipinski definition) is 0. The number of ether oxygens (including phenoxy) is 1. The summed E-state index contributed by atoms with van der Waals surface area (Å²) in [6.45, 7) is 0.535. The average molecular weight is 738 g/mol. The van der Waals surface area contributed by atoms with Crippen LogP contribution in [0, 0.1) is 32.1 Å². The van der Waals surface area contributed by atoms with Crippen LogP contribution in [0.4, 0.5) is 17.3 Å². The quantitative estimate of drug-likeness (QED) is 0.0790. The Morgan fingerprint density at radius 3 is 1.02 bits per heavy atom. The van der Waals surface area contributed by atoms with Gasteiger partial charge < -0.3 is 17.3 Å². The van der Waals surface area contributed by atoms with Crippen LogP contribution in [-0.2, 0) is 15.6 Å². The molecule has 252 valence electrons. The third-order valence-corrected chi connectivity index (χ3v) is 12.1. The van der Waals surface area contributed by atoms with Crippen molar-refractivity contribution in [3.05, 3.63) is 190 Å². The molecular weight excluding hydrogens is 701 g/mol. The predicted octanol–water partition coefficient (Wildman–Crippen LogP) is 9.14. The maximum Gasteiger partial charge on any atom is -0.0195 e. The summed E-state index contributed by atoms with van der Waals surface area (Å²) in [5.41, 5.74) is 0. The van der Waals surface area contributed by atoms with Crippen molar-refractivity contribution in [2.45, 2.75) is 0 Å². The second kappa shape index (κ2) is 24.0. The predicted molar refractivity (Wildman–Crippen MR) is 201 cm³/mol. The summed E-state index contributed by atoms with van der Waals surface area (Å²) < 4.78 is 46.9. The van der Waals surface area contributed by atoms with Crippen molar-refractivity contribution < 1.29 is 37.6 Å². The molecular formula is C40H37BF4FeOP2. The Morgan fingerprint density at radius 2 is 0.755 bits per heavy atom. The molecule has 1 nitrogen and oxygen atoms in total. The van der Waals surface area contributed by atoms with Crippen LogP contribution in [0.2, 0.25) is 0 Å². The van der Waals surface area contributed by atoms with E-state index in [1.807, 2.05) is 62.4 Å². The first-order chi connectivity index (χ1) is 23.8. The molecule has 5 radical (unpaired) electrons. The Labute approximate surface area is 299 Å². The summed E-state index contributed by atoms with van der Waals surface area (Å²) >= 11 is 3.43. The van der Waals surface area contributed by atoms with Gasteiger partial charge in [-0.1, -0.05) is 121 Å². The summed E-state index contributed by atoms with van der Waals surface area (Å²) in [6.07, 6.45) is 14.2. The Hall–Kier alpha value is -3.29. The smallest absolute Gasteiger partial charge is 0.0195 e. The fourth-order valence-electron chi connectivity index (χ4n) is 4.45. The first-order valence-corrected chi connectivity index (χ1v) is 19.1. The molecule has 49 heavy (non-hydrogen) atoms. The molecule has 5 aromatic rings. The van der Waals surface area contributed by atoms with E-state index < -0.39 is 7.25 Å². The van der Waals surface area contributed by atoms with Gasteiger partial charge in [0.1, 0.15) is 0 Å². The molecule has 0 atom stereocenters. The van der Waals surface area contributed by atoms with Gasteiger partial charge in [-0.25, -0.2) is 0 Å². The summed E-state index contributed by atoms with van der Waals surface area (Å²) in [5.74, 6) is 0.874. The van der Waals surface area contributed by atoms with Crippen molar-refractivity contribution in [2.24, 2.45) is 0 Å². The molecule has 5 aromatic carbocycles. The summed E-state index contributed by atoms with van der Waals surface area (Å²) in [6, 6.07) is 53.9. The summed E-state index contributed by atoms with van der Waals surface area (Å²) in [4.78, 5) is 0. The topological polar surface area (TPSA) is 9.23 Å². The zero-order valence-electron chi connectivity index (χ0n) is 26.8. The van der Waals surface area contributed by atoms with Crippen molar-refractivity contribution in [3.8, 4) is 5.75 Å². The number of para-hydroxylation sites is 1. The zero-order valence-corrected chi connectivity index (χ0v) is 29.7. The van der Waals surface area contributed by atoms with Gasteiger partial charge in [0.25, 0.3) is 0 Å². The second-order valence-electron chi connectivity index (χ2n) is 10.0. The maximum absolute atomic E-state index is 9.75. The van der Waals surface area contributed by atoms with Gasteiger partial charge in [-0.3, -0.25) is 0 Å². The van der Waals surface area contributed by atoms with E-state index in [4.69, 9.17) is 4.74 Å². The minimum absolute atomic E-state index is 0.348. The van der Waals surface area contributed by atoms with Gasteiger partial charge in [-0.2, -0.15) is 0 Å². The van der Waals surface area contributed by atoms with Gasteiger partial charge in [0.05, 0.1) is 0 Å². The van der Waals surface area contributed by atoms with Crippen LogP contribution < -0.4 is 26.0 Å². The number of rotatable bonds is 10. The van der Waals surface area contributed by atoms with E-state index in [1.54, 1.807) is 6.08 Å². The minimum atomic E-state index is -6.00. The van der Waals surface area contributed by atoms with Crippen molar-refractivity contribution in [1.82, 2.24) is 0 Å². The van der Waals surface area contributed by atoms with Crippen LogP contribution in [0.3, 0.4) is 0 Å².